The van der Waals surface area contributed by atoms with Gasteiger partial charge < -0.3 is 4.43 Å². The van der Waals surface area contributed by atoms with E-state index in [1.807, 2.05) is 0 Å². The molecule has 0 bridgehead atoms. The first kappa shape index (κ1) is 20.3. The Bertz CT molecular complexity index is 350. The van der Waals surface area contributed by atoms with Crippen LogP contribution < -0.4 is 4.43 Å². The van der Waals surface area contributed by atoms with Crippen molar-refractivity contribution in [3.63, 3.8) is 0 Å². The lowest BCUT2D eigenvalue weighted by atomic mass is 10.3. The van der Waals surface area contributed by atoms with Crippen molar-refractivity contribution in [3.8, 4) is 5.75 Å². The molecular weight excluding hydrogens is 296 g/mol. The van der Waals surface area contributed by atoms with Crippen LogP contribution in [0.25, 0.3) is 0 Å². The summed E-state index contributed by atoms with van der Waals surface area (Å²) in [6, 6.07) is 14.7. The SMILES string of the molecule is CCCCC[Si](CCCCC)(CCCCC)Oc1ccccc1. The molecule has 132 valence electrons. The maximum atomic E-state index is 6.78. The highest BCUT2D eigenvalue weighted by Crippen LogP contribution is 2.32. The van der Waals surface area contributed by atoms with Crippen molar-refractivity contribution in [1.82, 2.24) is 0 Å². The normalized spacial score (nSPS) is 11.6. The second-order valence-electron chi connectivity index (χ2n) is 6.97. The number of hydrogen-bond acceptors (Lipinski definition) is 1. The minimum absolute atomic E-state index is 1.11. The van der Waals surface area contributed by atoms with E-state index in [4.69, 9.17) is 4.43 Å². The van der Waals surface area contributed by atoms with Crippen molar-refractivity contribution in [3.05, 3.63) is 30.3 Å². The molecule has 0 aromatic heterocycles. The fourth-order valence-electron chi connectivity index (χ4n) is 3.36. The van der Waals surface area contributed by atoms with Crippen LogP contribution in [0.5, 0.6) is 5.75 Å². The summed E-state index contributed by atoms with van der Waals surface area (Å²) < 4.78 is 6.78. The van der Waals surface area contributed by atoms with Crippen LogP contribution in [-0.2, 0) is 0 Å². The molecule has 0 fully saturated rings. The van der Waals surface area contributed by atoms with E-state index >= 15 is 0 Å². The highest BCUT2D eigenvalue weighted by Gasteiger charge is 2.35. The van der Waals surface area contributed by atoms with Crippen molar-refractivity contribution in [2.24, 2.45) is 0 Å². The standard InChI is InChI=1S/C21H38OSi/c1-4-7-13-18-23(19-14-8-5-2,20-15-9-6-3)22-21-16-11-10-12-17-21/h10-12,16-17H,4-9,13-15,18-20H2,1-3H3. The predicted molar refractivity (Wildman–Crippen MR) is 106 cm³/mol. The molecule has 2 heteroatoms. The van der Waals surface area contributed by atoms with Crippen LogP contribution in [0.1, 0.15) is 78.6 Å². The molecule has 1 aromatic rings. The van der Waals surface area contributed by atoms with Gasteiger partial charge in [0.15, 0.2) is 0 Å². The molecule has 0 amide bonds. The molecule has 0 N–H and O–H groups in total. The first-order valence-corrected chi connectivity index (χ1v) is 12.5. The lowest BCUT2D eigenvalue weighted by Crippen LogP contribution is -2.41. The number of rotatable bonds is 14. The van der Waals surface area contributed by atoms with Crippen LogP contribution >= 0.6 is 0 Å². The van der Waals surface area contributed by atoms with Gasteiger partial charge in [0, 0.05) is 0 Å². The molecule has 0 saturated heterocycles. The molecule has 0 aliphatic rings. The largest absolute Gasteiger partial charge is 0.543 e. The average Bonchev–Trinajstić information content (AvgIpc) is 2.56. The van der Waals surface area contributed by atoms with E-state index in [1.165, 1.54) is 75.9 Å². The molecule has 0 aliphatic carbocycles. The highest BCUT2D eigenvalue weighted by molar-refractivity contribution is 6.74. The second kappa shape index (κ2) is 12.6. The van der Waals surface area contributed by atoms with Gasteiger partial charge in [-0.05, 0) is 30.3 Å². The smallest absolute Gasteiger partial charge is 0.251 e. The van der Waals surface area contributed by atoms with E-state index in [-0.39, 0.29) is 0 Å². The monoisotopic (exact) mass is 334 g/mol. The number of unbranched alkanes of at least 4 members (excludes halogenated alkanes) is 6. The predicted octanol–water partition coefficient (Wildman–Crippen LogP) is 7.58. The third kappa shape index (κ3) is 8.60. The Morgan fingerprint density at radius 3 is 1.48 bits per heavy atom. The zero-order valence-electron chi connectivity index (χ0n) is 15.8. The topological polar surface area (TPSA) is 9.23 Å². The van der Waals surface area contributed by atoms with Gasteiger partial charge in [-0.15, -0.1) is 0 Å². The lowest BCUT2D eigenvalue weighted by Gasteiger charge is -2.33. The van der Waals surface area contributed by atoms with Gasteiger partial charge in [-0.3, -0.25) is 0 Å². The van der Waals surface area contributed by atoms with Gasteiger partial charge in [0.1, 0.15) is 5.75 Å². The Hall–Kier alpha value is -0.763. The maximum Gasteiger partial charge on any atom is 0.251 e. The van der Waals surface area contributed by atoms with Gasteiger partial charge in [0.25, 0.3) is 8.32 Å². The van der Waals surface area contributed by atoms with Crippen LogP contribution in [0.4, 0.5) is 0 Å². The maximum absolute atomic E-state index is 6.78. The van der Waals surface area contributed by atoms with Crippen molar-refractivity contribution >= 4 is 8.32 Å². The summed E-state index contributed by atoms with van der Waals surface area (Å²) in [6.07, 6.45) is 12.0. The number of benzene rings is 1. The Kier molecular flexibility index (Phi) is 11.1. The third-order valence-corrected chi connectivity index (χ3v) is 9.25. The minimum Gasteiger partial charge on any atom is -0.543 e. The van der Waals surface area contributed by atoms with Gasteiger partial charge in [-0.1, -0.05) is 96.8 Å². The van der Waals surface area contributed by atoms with Crippen LogP contribution in [0, 0.1) is 0 Å². The Labute approximate surface area is 146 Å². The summed E-state index contributed by atoms with van der Waals surface area (Å²) in [5, 5.41) is 0. The molecule has 1 nitrogen and oxygen atoms in total. The van der Waals surface area contributed by atoms with Crippen LogP contribution in [-0.4, -0.2) is 8.32 Å². The number of hydrogen-bond donors (Lipinski definition) is 0. The van der Waals surface area contributed by atoms with Crippen molar-refractivity contribution in [2.75, 3.05) is 0 Å². The first-order chi connectivity index (χ1) is 11.3. The molecule has 23 heavy (non-hydrogen) atoms. The zero-order valence-corrected chi connectivity index (χ0v) is 16.8. The van der Waals surface area contributed by atoms with Crippen LogP contribution in [0.3, 0.4) is 0 Å². The summed E-state index contributed by atoms with van der Waals surface area (Å²) >= 11 is 0. The van der Waals surface area contributed by atoms with Crippen LogP contribution in [0.2, 0.25) is 18.1 Å². The lowest BCUT2D eigenvalue weighted by molar-refractivity contribution is 0.506. The van der Waals surface area contributed by atoms with Crippen LogP contribution in [0.15, 0.2) is 30.3 Å². The third-order valence-electron chi connectivity index (χ3n) is 4.79. The zero-order chi connectivity index (χ0) is 16.8. The van der Waals surface area contributed by atoms with Crippen molar-refractivity contribution < 1.29 is 4.43 Å². The van der Waals surface area contributed by atoms with E-state index < -0.39 is 8.32 Å². The van der Waals surface area contributed by atoms with E-state index in [2.05, 4.69) is 51.1 Å². The van der Waals surface area contributed by atoms with Gasteiger partial charge in [-0.25, -0.2) is 0 Å². The fraction of sp³-hybridized carbons (Fsp3) is 0.714. The molecule has 0 aliphatic heterocycles. The summed E-state index contributed by atoms with van der Waals surface area (Å²) in [6.45, 7) is 6.90. The molecule has 0 atom stereocenters. The summed E-state index contributed by atoms with van der Waals surface area (Å²) in [5.41, 5.74) is 0. The quantitative estimate of drug-likeness (QED) is 0.251. The molecule has 0 unspecified atom stereocenters. The van der Waals surface area contributed by atoms with E-state index in [1.54, 1.807) is 0 Å². The molecule has 0 saturated carbocycles. The van der Waals surface area contributed by atoms with Gasteiger partial charge >= 0.3 is 0 Å². The molecular formula is C21H38OSi. The van der Waals surface area contributed by atoms with E-state index in [9.17, 15) is 0 Å². The van der Waals surface area contributed by atoms with Gasteiger partial charge in [0.2, 0.25) is 0 Å². The highest BCUT2D eigenvalue weighted by atomic mass is 28.4. The van der Waals surface area contributed by atoms with E-state index in [0.717, 1.165) is 5.75 Å². The minimum atomic E-state index is -1.65. The molecule has 0 heterocycles. The van der Waals surface area contributed by atoms with Crippen molar-refractivity contribution in [1.29, 1.82) is 0 Å². The average molecular weight is 335 g/mol. The number of para-hydroxylation sites is 1. The molecule has 0 radical (unpaired) electrons. The first-order valence-electron chi connectivity index (χ1n) is 10.0. The molecule has 1 aromatic carbocycles. The van der Waals surface area contributed by atoms with E-state index in [0.29, 0.717) is 0 Å². The fourth-order valence-corrected chi connectivity index (χ4v) is 7.73. The van der Waals surface area contributed by atoms with Gasteiger partial charge in [0.05, 0.1) is 0 Å². The summed E-state index contributed by atoms with van der Waals surface area (Å²) in [5.74, 6) is 1.11. The molecule has 0 spiro atoms. The van der Waals surface area contributed by atoms with Crippen molar-refractivity contribution in [2.45, 2.75) is 96.7 Å². The summed E-state index contributed by atoms with van der Waals surface area (Å²) in [4.78, 5) is 0. The summed E-state index contributed by atoms with van der Waals surface area (Å²) in [7, 11) is -1.65. The second-order valence-corrected chi connectivity index (χ2v) is 11.0. The van der Waals surface area contributed by atoms with Gasteiger partial charge in [-0.2, -0.15) is 0 Å². The Balaban J connectivity index is 2.79. The Morgan fingerprint density at radius 2 is 1.09 bits per heavy atom. The Morgan fingerprint density at radius 1 is 0.652 bits per heavy atom. The molecule has 1 rings (SSSR count).